The third-order valence-corrected chi connectivity index (χ3v) is 4.72. The van der Waals surface area contributed by atoms with Gasteiger partial charge in [-0.1, -0.05) is 6.07 Å². The molecule has 0 bridgehead atoms. The first-order valence-electron chi connectivity index (χ1n) is 9.72. The first-order chi connectivity index (χ1) is 14.9. The molecule has 2 aromatic heterocycles. The molecule has 2 N–H and O–H groups in total. The number of hydrogen-bond donors (Lipinski definition) is 2. The Hall–Kier alpha value is -4.07. The van der Waals surface area contributed by atoms with Gasteiger partial charge in [0, 0.05) is 32.3 Å². The number of benzene rings is 2. The summed E-state index contributed by atoms with van der Waals surface area (Å²) in [4.78, 5) is 20.1. The van der Waals surface area contributed by atoms with Gasteiger partial charge in [-0.3, -0.25) is 4.79 Å². The van der Waals surface area contributed by atoms with Crippen LogP contribution in [0.2, 0.25) is 0 Å². The maximum Gasteiger partial charge on any atom is 0.222 e. The van der Waals surface area contributed by atoms with Crippen LogP contribution in [0.4, 0.5) is 17.5 Å². The van der Waals surface area contributed by atoms with Crippen LogP contribution in [0.15, 0.2) is 54.7 Å². The first-order valence-corrected chi connectivity index (χ1v) is 9.72. The van der Waals surface area contributed by atoms with Crippen LogP contribution in [0.5, 0.6) is 17.2 Å². The Kier molecular flexibility index (Phi) is 5.44. The van der Waals surface area contributed by atoms with Crippen LogP contribution in [0.1, 0.15) is 12.5 Å². The van der Waals surface area contributed by atoms with Crippen molar-refractivity contribution in [1.82, 2.24) is 14.5 Å². The second kappa shape index (κ2) is 8.35. The van der Waals surface area contributed by atoms with Gasteiger partial charge < -0.3 is 24.7 Å². The smallest absolute Gasteiger partial charge is 0.222 e. The molecule has 2 aromatic carbocycles. The molecule has 0 saturated heterocycles. The van der Waals surface area contributed by atoms with Crippen molar-refractivity contribution in [2.75, 3.05) is 17.7 Å². The van der Waals surface area contributed by atoms with Crippen molar-refractivity contribution in [3.05, 3.63) is 60.3 Å². The van der Waals surface area contributed by atoms with Gasteiger partial charge in [-0.25, -0.2) is 9.97 Å². The Labute approximate surface area is 179 Å². The highest BCUT2D eigenvalue weighted by Gasteiger charge is 2.12. The van der Waals surface area contributed by atoms with E-state index in [1.165, 1.54) is 6.92 Å². The minimum atomic E-state index is -0.190. The number of aromatic nitrogens is 3. The van der Waals surface area contributed by atoms with E-state index in [1.807, 2.05) is 54.9 Å². The zero-order valence-corrected chi connectivity index (χ0v) is 17.8. The monoisotopic (exact) mass is 417 g/mol. The lowest BCUT2D eigenvalue weighted by Crippen LogP contribution is -2.07. The van der Waals surface area contributed by atoms with Crippen LogP contribution >= 0.6 is 0 Å². The summed E-state index contributed by atoms with van der Waals surface area (Å²) in [5, 5.41) is 6.00. The predicted octanol–water partition coefficient (Wildman–Crippen LogP) is 4.78. The van der Waals surface area contributed by atoms with E-state index in [0.29, 0.717) is 23.3 Å². The average Bonchev–Trinajstić information content (AvgIpc) is 3.03. The van der Waals surface area contributed by atoms with E-state index >= 15 is 0 Å². The largest absolute Gasteiger partial charge is 0.495 e. The Balaban J connectivity index is 1.61. The molecule has 0 atom stereocenters. The Morgan fingerprint density at radius 2 is 1.87 bits per heavy atom. The number of hydrogen-bond acceptors (Lipinski definition) is 6. The number of pyridine rings is 1. The summed E-state index contributed by atoms with van der Waals surface area (Å²) in [5.41, 5.74) is 3.70. The van der Waals surface area contributed by atoms with Crippen molar-refractivity contribution in [2.45, 2.75) is 13.8 Å². The van der Waals surface area contributed by atoms with Crippen molar-refractivity contribution < 1.29 is 14.3 Å². The van der Waals surface area contributed by atoms with E-state index in [0.717, 1.165) is 28.0 Å². The van der Waals surface area contributed by atoms with Crippen LogP contribution < -0.4 is 20.1 Å². The third-order valence-electron chi connectivity index (χ3n) is 4.72. The number of fused-ring (bicyclic) bond motifs is 1. The van der Waals surface area contributed by atoms with E-state index in [4.69, 9.17) is 14.5 Å². The van der Waals surface area contributed by atoms with E-state index in [9.17, 15) is 4.79 Å². The summed E-state index contributed by atoms with van der Waals surface area (Å²) in [6, 6.07) is 15.0. The molecule has 0 aliphatic rings. The van der Waals surface area contributed by atoms with E-state index in [-0.39, 0.29) is 5.91 Å². The van der Waals surface area contributed by atoms with Gasteiger partial charge in [-0.05, 0) is 42.8 Å². The van der Waals surface area contributed by atoms with Crippen LogP contribution in [-0.4, -0.2) is 27.6 Å². The molecule has 1 amide bonds. The quantitative estimate of drug-likeness (QED) is 0.469. The minimum absolute atomic E-state index is 0.190. The maximum absolute atomic E-state index is 11.2. The number of nitrogens with one attached hydrogen (secondary N) is 2. The fourth-order valence-electron chi connectivity index (χ4n) is 3.25. The topological polar surface area (TPSA) is 90.3 Å². The second-order valence-corrected chi connectivity index (χ2v) is 7.13. The SMILES string of the molecule is COc1ccc(C)cc1Nc1nc2cc(Oc3ccnc(NC(C)=O)c3)ccc2n1C. The van der Waals surface area contributed by atoms with Gasteiger partial charge in [0.05, 0.1) is 23.8 Å². The summed E-state index contributed by atoms with van der Waals surface area (Å²) in [7, 11) is 3.59. The summed E-state index contributed by atoms with van der Waals surface area (Å²) < 4.78 is 13.4. The van der Waals surface area contributed by atoms with Gasteiger partial charge >= 0.3 is 0 Å². The molecule has 8 heteroatoms. The van der Waals surface area contributed by atoms with Gasteiger partial charge in [0.2, 0.25) is 11.9 Å². The highest BCUT2D eigenvalue weighted by Crippen LogP contribution is 2.31. The van der Waals surface area contributed by atoms with Gasteiger partial charge in [0.25, 0.3) is 0 Å². The zero-order valence-electron chi connectivity index (χ0n) is 17.8. The number of carbonyl (C=O) groups excluding carboxylic acids is 1. The molecule has 0 saturated carbocycles. The summed E-state index contributed by atoms with van der Waals surface area (Å²) in [5.74, 6) is 2.87. The molecule has 0 fully saturated rings. The summed E-state index contributed by atoms with van der Waals surface area (Å²) in [6.45, 7) is 3.46. The number of carbonyl (C=O) groups is 1. The van der Waals surface area contributed by atoms with Gasteiger partial charge in [-0.2, -0.15) is 0 Å². The predicted molar refractivity (Wildman–Crippen MR) is 120 cm³/mol. The molecule has 8 nitrogen and oxygen atoms in total. The zero-order chi connectivity index (χ0) is 22.0. The number of anilines is 3. The Bertz CT molecular complexity index is 1270. The fourth-order valence-corrected chi connectivity index (χ4v) is 3.25. The van der Waals surface area contributed by atoms with Crippen molar-refractivity contribution in [1.29, 1.82) is 0 Å². The lowest BCUT2D eigenvalue weighted by Gasteiger charge is -2.11. The number of rotatable bonds is 6. The summed E-state index contributed by atoms with van der Waals surface area (Å²) in [6.07, 6.45) is 1.58. The lowest BCUT2D eigenvalue weighted by atomic mass is 10.2. The van der Waals surface area contributed by atoms with Crippen LogP contribution in [0, 0.1) is 6.92 Å². The molecule has 0 unspecified atom stereocenters. The standard InChI is InChI=1S/C23H23N5O3/c1-14-5-8-21(30-4)19(11-14)27-23-26-18-12-16(6-7-20(18)28(23)3)31-17-9-10-24-22(13-17)25-15(2)29/h5-13H,1-4H3,(H,26,27)(H,24,25,29). The van der Waals surface area contributed by atoms with Crippen molar-refractivity contribution in [2.24, 2.45) is 7.05 Å². The number of methoxy groups -OCH3 is 1. The molecule has 2 heterocycles. The fraction of sp³-hybridized carbons (Fsp3) is 0.174. The van der Waals surface area contributed by atoms with E-state index in [2.05, 4.69) is 15.6 Å². The van der Waals surface area contributed by atoms with Crippen LogP contribution in [-0.2, 0) is 11.8 Å². The lowest BCUT2D eigenvalue weighted by molar-refractivity contribution is -0.114. The van der Waals surface area contributed by atoms with Gasteiger partial charge in [0.15, 0.2) is 0 Å². The first kappa shape index (κ1) is 20.2. The maximum atomic E-state index is 11.2. The average molecular weight is 417 g/mol. The molecule has 31 heavy (non-hydrogen) atoms. The molecule has 4 aromatic rings. The number of amides is 1. The second-order valence-electron chi connectivity index (χ2n) is 7.13. The number of aryl methyl sites for hydroxylation is 2. The van der Waals surface area contributed by atoms with E-state index in [1.54, 1.807) is 25.4 Å². The molecule has 0 radical (unpaired) electrons. The molecule has 158 valence electrons. The highest BCUT2D eigenvalue weighted by atomic mass is 16.5. The number of ether oxygens (including phenoxy) is 2. The Morgan fingerprint density at radius 1 is 1.06 bits per heavy atom. The van der Waals surface area contributed by atoms with Gasteiger partial charge in [0.1, 0.15) is 23.1 Å². The number of nitrogens with zero attached hydrogens (tertiary/aromatic N) is 3. The minimum Gasteiger partial charge on any atom is -0.495 e. The molecule has 0 aliphatic heterocycles. The molecule has 0 aliphatic carbocycles. The molecule has 4 rings (SSSR count). The number of imidazole rings is 1. The van der Waals surface area contributed by atoms with Crippen molar-refractivity contribution in [3.63, 3.8) is 0 Å². The Morgan fingerprint density at radius 3 is 2.65 bits per heavy atom. The molecular formula is C23H23N5O3. The van der Waals surface area contributed by atoms with E-state index < -0.39 is 0 Å². The van der Waals surface area contributed by atoms with Crippen molar-refractivity contribution in [3.8, 4) is 17.2 Å². The van der Waals surface area contributed by atoms with Crippen molar-refractivity contribution >= 4 is 34.4 Å². The molecular weight excluding hydrogens is 394 g/mol. The summed E-state index contributed by atoms with van der Waals surface area (Å²) >= 11 is 0. The van der Waals surface area contributed by atoms with Crippen LogP contribution in [0.3, 0.4) is 0 Å². The normalized spacial score (nSPS) is 10.7. The van der Waals surface area contributed by atoms with Gasteiger partial charge in [-0.15, -0.1) is 0 Å². The highest BCUT2D eigenvalue weighted by molar-refractivity contribution is 5.87. The molecule has 0 spiro atoms. The third kappa shape index (κ3) is 4.42. The van der Waals surface area contributed by atoms with Crippen LogP contribution in [0.25, 0.3) is 11.0 Å².